The topological polar surface area (TPSA) is 149 Å². The molecule has 5 N–H and O–H groups in total. The van der Waals surface area contributed by atoms with Gasteiger partial charge in [0.2, 0.25) is 6.29 Å². The van der Waals surface area contributed by atoms with Crippen molar-refractivity contribution in [1.29, 1.82) is 0 Å². The molecule has 1 fully saturated rings. The molecule has 1 aromatic carbocycles. The molecule has 10 nitrogen and oxygen atoms in total. The van der Waals surface area contributed by atoms with Crippen molar-refractivity contribution in [3.63, 3.8) is 0 Å². The van der Waals surface area contributed by atoms with Crippen LogP contribution in [0.1, 0.15) is 24.0 Å². The van der Waals surface area contributed by atoms with Crippen LogP contribution >= 0.6 is 0 Å². The minimum atomic E-state index is -1.80. The molecule has 0 bridgehead atoms. The molecule has 0 aromatic heterocycles. The van der Waals surface area contributed by atoms with Gasteiger partial charge in [0.15, 0.2) is 17.6 Å². The Morgan fingerprint density at radius 3 is 2.72 bits per heavy atom. The van der Waals surface area contributed by atoms with Crippen LogP contribution in [0.2, 0.25) is 0 Å². The normalized spacial score (nSPS) is 40.7. The zero-order chi connectivity index (χ0) is 22.8. The number of aliphatic carboxylic acids is 1. The minimum absolute atomic E-state index is 0.238. The van der Waals surface area contributed by atoms with E-state index in [0.29, 0.717) is 18.7 Å². The van der Waals surface area contributed by atoms with E-state index in [1.54, 1.807) is 12.1 Å². The number of carboxylic acids is 1. The summed E-state index contributed by atoms with van der Waals surface area (Å²) in [5.41, 5.74) is 1.58. The lowest BCUT2D eigenvalue weighted by molar-refractivity contribution is -0.271. The van der Waals surface area contributed by atoms with Gasteiger partial charge in [-0.2, -0.15) is 0 Å². The van der Waals surface area contributed by atoms with Crippen molar-refractivity contribution in [2.45, 2.75) is 67.7 Å². The summed E-state index contributed by atoms with van der Waals surface area (Å²) >= 11 is 0. The van der Waals surface area contributed by atoms with Gasteiger partial charge in [0.05, 0.1) is 11.5 Å². The molecule has 3 aliphatic heterocycles. The molecule has 1 saturated heterocycles. The first-order chi connectivity index (χ1) is 15.2. The van der Waals surface area contributed by atoms with Gasteiger partial charge >= 0.3 is 5.97 Å². The fourth-order valence-electron chi connectivity index (χ4n) is 5.28. The summed E-state index contributed by atoms with van der Waals surface area (Å²) in [5.74, 6) is -0.779. The van der Waals surface area contributed by atoms with Gasteiger partial charge in [-0.05, 0) is 31.6 Å². The van der Waals surface area contributed by atoms with Crippen molar-refractivity contribution in [1.82, 2.24) is 4.90 Å². The molecule has 0 amide bonds. The Bertz CT molecular complexity index is 952. The Balaban J connectivity index is 1.53. The summed E-state index contributed by atoms with van der Waals surface area (Å²) in [6, 6.07) is 3.57. The average Bonchev–Trinajstić information content (AvgIpc) is 3.01. The van der Waals surface area contributed by atoms with Gasteiger partial charge < -0.3 is 44.6 Å². The van der Waals surface area contributed by atoms with Crippen molar-refractivity contribution in [2.75, 3.05) is 13.6 Å². The van der Waals surface area contributed by atoms with Crippen LogP contribution < -0.4 is 9.47 Å². The van der Waals surface area contributed by atoms with E-state index in [1.807, 2.05) is 19.2 Å². The molecule has 1 aromatic rings. The number of aliphatic hydroxyl groups excluding tert-OH is 4. The summed E-state index contributed by atoms with van der Waals surface area (Å²) in [5, 5.41) is 49.9. The molecule has 3 heterocycles. The molecule has 5 rings (SSSR count). The molecule has 0 radical (unpaired) electrons. The number of nitrogens with zero attached hydrogens (tertiary/aromatic N) is 1. The van der Waals surface area contributed by atoms with Crippen molar-refractivity contribution >= 4 is 5.97 Å². The summed E-state index contributed by atoms with van der Waals surface area (Å²) in [4.78, 5) is 13.6. The highest BCUT2D eigenvalue weighted by atomic mass is 16.7. The number of carbonyl (C=O) groups is 1. The number of carboxylic acid groups (broad SMARTS) is 1. The minimum Gasteiger partial charge on any atom is -0.485 e. The first-order valence-electron chi connectivity index (χ1n) is 10.7. The van der Waals surface area contributed by atoms with E-state index >= 15 is 0 Å². The van der Waals surface area contributed by atoms with Crippen LogP contribution in [-0.2, 0) is 21.5 Å². The molecule has 10 heteroatoms. The summed E-state index contributed by atoms with van der Waals surface area (Å²) in [7, 11) is 2.04. The second kappa shape index (κ2) is 7.68. The molecule has 1 aliphatic carbocycles. The molecule has 8 unspecified atom stereocenters. The van der Waals surface area contributed by atoms with Crippen LogP contribution in [-0.4, -0.2) is 92.9 Å². The zero-order valence-corrected chi connectivity index (χ0v) is 17.5. The number of hydrogen-bond acceptors (Lipinski definition) is 9. The highest BCUT2D eigenvalue weighted by Gasteiger charge is 2.53. The predicted octanol–water partition coefficient (Wildman–Crippen LogP) is -0.887. The molecular weight excluding hydrogens is 422 g/mol. The van der Waals surface area contributed by atoms with Crippen molar-refractivity contribution in [3.8, 4) is 11.5 Å². The Kier molecular flexibility index (Phi) is 5.19. The third-order valence-corrected chi connectivity index (χ3v) is 6.98. The zero-order valence-electron chi connectivity index (χ0n) is 17.5. The van der Waals surface area contributed by atoms with Crippen LogP contribution in [0.15, 0.2) is 24.3 Å². The van der Waals surface area contributed by atoms with Gasteiger partial charge in [-0.25, -0.2) is 4.79 Å². The molecule has 1 spiro atoms. The number of benzene rings is 1. The lowest BCUT2D eigenvalue weighted by Crippen LogP contribution is -2.61. The molecule has 8 atom stereocenters. The SMILES string of the molecule is CN1CCC23C=CC(O)CC2Oc2c(OC4OC(C(=O)O)C(O)C(O)C4O)ccc(c23)C1. The van der Waals surface area contributed by atoms with E-state index in [4.69, 9.17) is 14.2 Å². The standard InChI is InChI=1S/C22H27NO9/c1-23-7-6-22-5-4-11(24)8-13(22)31-18-12(3-2-10(9-23)14(18)22)30-21-17(27)15(25)16(26)19(32-21)20(28)29/h2-5,11,13,15-17,19,21,24-27H,6-9H2,1H3,(H,28,29). The quantitative estimate of drug-likeness (QED) is 0.368. The summed E-state index contributed by atoms with van der Waals surface area (Å²) < 4.78 is 17.4. The Hall–Kier alpha value is -2.21. The monoisotopic (exact) mass is 449 g/mol. The third-order valence-electron chi connectivity index (χ3n) is 6.98. The molecule has 32 heavy (non-hydrogen) atoms. The first kappa shape index (κ1) is 21.6. The van der Waals surface area contributed by atoms with E-state index in [1.165, 1.54) is 0 Å². The van der Waals surface area contributed by atoms with Gasteiger partial charge in [0.25, 0.3) is 0 Å². The Labute approximate surface area is 184 Å². The molecule has 174 valence electrons. The highest BCUT2D eigenvalue weighted by molar-refractivity contribution is 5.73. The van der Waals surface area contributed by atoms with Crippen LogP contribution in [0.3, 0.4) is 0 Å². The smallest absolute Gasteiger partial charge is 0.335 e. The Morgan fingerprint density at radius 2 is 1.97 bits per heavy atom. The molecular formula is C22H27NO9. The lowest BCUT2D eigenvalue weighted by atomic mass is 9.69. The van der Waals surface area contributed by atoms with Crippen LogP contribution in [0.25, 0.3) is 0 Å². The second-order valence-electron chi connectivity index (χ2n) is 9.08. The van der Waals surface area contributed by atoms with Crippen LogP contribution in [0.5, 0.6) is 11.5 Å². The number of hydrogen-bond donors (Lipinski definition) is 5. The third kappa shape index (κ3) is 3.21. The summed E-state index contributed by atoms with van der Waals surface area (Å²) in [6.45, 7) is 1.53. The number of ether oxygens (including phenoxy) is 3. The van der Waals surface area contributed by atoms with E-state index < -0.39 is 48.2 Å². The maximum atomic E-state index is 11.4. The Morgan fingerprint density at radius 1 is 1.19 bits per heavy atom. The van der Waals surface area contributed by atoms with Gasteiger partial charge in [-0.1, -0.05) is 18.2 Å². The van der Waals surface area contributed by atoms with E-state index in [0.717, 1.165) is 24.1 Å². The van der Waals surface area contributed by atoms with Crippen molar-refractivity contribution < 1.29 is 44.5 Å². The van der Waals surface area contributed by atoms with E-state index in [2.05, 4.69) is 4.90 Å². The largest absolute Gasteiger partial charge is 0.485 e. The molecule has 0 saturated carbocycles. The predicted molar refractivity (Wildman–Crippen MR) is 108 cm³/mol. The maximum absolute atomic E-state index is 11.4. The maximum Gasteiger partial charge on any atom is 0.335 e. The lowest BCUT2D eigenvalue weighted by Gasteiger charge is -2.38. The van der Waals surface area contributed by atoms with Crippen molar-refractivity contribution in [2.24, 2.45) is 0 Å². The van der Waals surface area contributed by atoms with Gasteiger partial charge in [0, 0.05) is 18.5 Å². The fraction of sp³-hybridized carbons (Fsp3) is 0.591. The average molecular weight is 449 g/mol. The summed E-state index contributed by atoms with van der Waals surface area (Å²) in [6.07, 6.45) is -4.42. The van der Waals surface area contributed by atoms with Crippen LogP contribution in [0, 0.1) is 0 Å². The fourth-order valence-corrected chi connectivity index (χ4v) is 5.28. The van der Waals surface area contributed by atoms with E-state index in [-0.39, 0.29) is 11.9 Å². The van der Waals surface area contributed by atoms with E-state index in [9.17, 15) is 30.3 Å². The first-order valence-corrected chi connectivity index (χ1v) is 10.7. The van der Waals surface area contributed by atoms with Crippen molar-refractivity contribution in [3.05, 3.63) is 35.4 Å². The number of rotatable bonds is 3. The van der Waals surface area contributed by atoms with Crippen LogP contribution in [0.4, 0.5) is 0 Å². The van der Waals surface area contributed by atoms with Gasteiger partial charge in [-0.3, -0.25) is 0 Å². The second-order valence-corrected chi connectivity index (χ2v) is 9.08. The molecule has 4 aliphatic rings. The highest BCUT2D eigenvalue weighted by Crippen LogP contribution is 2.56. The van der Waals surface area contributed by atoms with Gasteiger partial charge in [0.1, 0.15) is 24.4 Å². The number of aliphatic hydroxyl groups is 4. The van der Waals surface area contributed by atoms with Gasteiger partial charge in [-0.15, -0.1) is 0 Å².